The molecule has 15 heavy (non-hydrogen) atoms. The number of amides is 3. The molecule has 0 unspecified atom stereocenters. The van der Waals surface area contributed by atoms with Crippen molar-refractivity contribution in [2.75, 3.05) is 13.6 Å². The van der Waals surface area contributed by atoms with Crippen LogP contribution in [0, 0.1) is 5.92 Å². The van der Waals surface area contributed by atoms with Crippen LogP contribution in [0.5, 0.6) is 0 Å². The molecule has 2 rings (SSSR count). The molecule has 0 saturated carbocycles. The number of likely N-dealkylation sites (tertiary alicyclic amines) is 1. The molecule has 84 valence electrons. The minimum atomic E-state index is -0.678. The number of urea groups is 1. The van der Waals surface area contributed by atoms with Crippen molar-refractivity contribution in [1.82, 2.24) is 15.5 Å². The van der Waals surface area contributed by atoms with Gasteiger partial charge in [0.1, 0.15) is 5.54 Å². The van der Waals surface area contributed by atoms with Crippen molar-refractivity contribution in [2.45, 2.75) is 31.8 Å². The summed E-state index contributed by atoms with van der Waals surface area (Å²) < 4.78 is 0. The second-order valence-corrected chi connectivity index (χ2v) is 4.77. The first-order valence-electron chi connectivity index (χ1n) is 5.29. The normalized spacial score (nSPS) is 41.8. The van der Waals surface area contributed by atoms with Crippen LogP contribution in [0.1, 0.15) is 20.3 Å². The molecule has 0 aromatic heterocycles. The Morgan fingerprint density at radius 2 is 2.07 bits per heavy atom. The van der Waals surface area contributed by atoms with Crippen LogP contribution >= 0.6 is 0 Å². The van der Waals surface area contributed by atoms with Crippen LogP contribution in [-0.2, 0) is 4.79 Å². The van der Waals surface area contributed by atoms with Gasteiger partial charge in [-0.05, 0) is 20.4 Å². The summed E-state index contributed by atoms with van der Waals surface area (Å²) in [4.78, 5) is 25.2. The van der Waals surface area contributed by atoms with Crippen molar-refractivity contribution < 1.29 is 9.59 Å². The Balaban J connectivity index is 2.27. The minimum Gasteiger partial charge on any atom is -0.323 e. The van der Waals surface area contributed by atoms with Crippen molar-refractivity contribution in [2.24, 2.45) is 5.92 Å². The molecule has 2 fully saturated rings. The fourth-order valence-electron chi connectivity index (χ4n) is 2.59. The van der Waals surface area contributed by atoms with Crippen molar-refractivity contribution in [1.29, 1.82) is 0 Å². The molecule has 1 spiro atoms. The Morgan fingerprint density at radius 1 is 1.40 bits per heavy atom. The highest BCUT2D eigenvalue weighted by Gasteiger charge is 2.53. The quantitative estimate of drug-likeness (QED) is 0.551. The lowest BCUT2D eigenvalue weighted by Gasteiger charge is -2.44. The summed E-state index contributed by atoms with van der Waals surface area (Å²) in [5.41, 5.74) is -0.678. The Morgan fingerprint density at radius 3 is 2.60 bits per heavy atom. The van der Waals surface area contributed by atoms with Gasteiger partial charge in [0.15, 0.2) is 0 Å². The molecule has 5 heteroatoms. The van der Waals surface area contributed by atoms with Crippen LogP contribution in [0.4, 0.5) is 4.79 Å². The van der Waals surface area contributed by atoms with Crippen molar-refractivity contribution in [3.8, 4) is 0 Å². The summed E-state index contributed by atoms with van der Waals surface area (Å²) in [5, 5.41) is 5.13. The van der Waals surface area contributed by atoms with Crippen molar-refractivity contribution in [3.63, 3.8) is 0 Å². The largest absolute Gasteiger partial charge is 0.323 e. The first-order chi connectivity index (χ1) is 6.95. The standard InChI is InChI=1S/C10H17N3O2/c1-6-5-13(3)7(2)4-10(6)8(14)11-9(15)12-10/h6-7H,4-5H2,1-3H3,(H2,11,12,14,15)/t6-,7+,10+/m0/s1. The van der Waals surface area contributed by atoms with E-state index in [-0.39, 0.29) is 17.9 Å². The number of imide groups is 1. The van der Waals surface area contributed by atoms with Crippen LogP contribution in [0.2, 0.25) is 0 Å². The maximum atomic E-state index is 11.8. The third kappa shape index (κ3) is 1.42. The lowest BCUT2D eigenvalue weighted by atomic mass is 9.76. The monoisotopic (exact) mass is 211 g/mol. The van der Waals surface area contributed by atoms with Gasteiger partial charge in [0.05, 0.1) is 0 Å². The maximum Gasteiger partial charge on any atom is 0.322 e. The summed E-state index contributed by atoms with van der Waals surface area (Å²) in [6.45, 7) is 4.91. The highest BCUT2D eigenvalue weighted by atomic mass is 16.2. The molecule has 0 radical (unpaired) electrons. The summed E-state index contributed by atoms with van der Waals surface area (Å²) in [5.74, 6) is -0.0231. The number of piperidine rings is 1. The SMILES string of the molecule is C[C@@H]1C[C@@]2(NC(=O)NC2=O)[C@@H](C)CN1C. The fraction of sp³-hybridized carbons (Fsp3) is 0.800. The van der Waals surface area contributed by atoms with Crippen LogP contribution in [0.15, 0.2) is 0 Å². The third-order valence-electron chi connectivity index (χ3n) is 3.74. The molecule has 2 aliphatic rings. The smallest absolute Gasteiger partial charge is 0.322 e. The molecule has 2 heterocycles. The first-order valence-corrected chi connectivity index (χ1v) is 5.29. The zero-order valence-electron chi connectivity index (χ0n) is 9.33. The van der Waals surface area contributed by atoms with Gasteiger partial charge in [-0.15, -0.1) is 0 Å². The first kappa shape index (κ1) is 10.4. The number of hydrogen-bond donors (Lipinski definition) is 2. The molecule has 0 aliphatic carbocycles. The number of rotatable bonds is 0. The van der Waals surface area contributed by atoms with Gasteiger partial charge in [-0.1, -0.05) is 6.92 Å². The average molecular weight is 211 g/mol. The number of nitrogens with zero attached hydrogens (tertiary/aromatic N) is 1. The second kappa shape index (κ2) is 3.20. The average Bonchev–Trinajstić information content (AvgIpc) is 2.40. The van der Waals surface area contributed by atoms with Crippen LogP contribution in [-0.4, -0.2) is 42.0 Å². The van der Waals surface area contributed by atoms with Crippen molar-refractivity contribution >= 4 is 11.9 Å². The molecule has 0 aromatic rings. The zero-order chi connectivity index (χ0) is 11.2. The van der Waals surface area contributed by atoms with Gasteiger partial charge >= 0.3 is 6.03 Å². The van der Waals surface area contributed by atoms with E-state index in [1.807, 2.05) is 14.0 Å². The lowest BCUT2D eigenvalue weighted by molar-refractivity contribution is -0.128. The molecule has 3 atom stereocenters. The van der Waals surface area contributed by atoms with Crippen LogP contribution < -0.4 is 10.6 Å². The molecular weight excluding hydrogens is 194 g/mol. The van der Waals surface area contributed by atoms with Gasteiger partial charge in [0, 0.05) is 18.5 Å². The van der Waals surface area contributed by atoms with Gasteiger partial charge < -0.3 is 10.2 Å². The van der Waals surface area contributed by atoms with Gasteiger partial charge in [-0.3, -0.25) is 10.1 Å². The van der Waals surface area contributed by atoms with Gasteiger partial charge in [-0.25, -0.2) is 4.79 Å². The minimum absolute atomic E-state index is 0.144. The predicted molar refractivity (Wildman–Crippen MR) is 55.3 cm³/mol. The van der Waals surface area contributed by atoms with E-state index in [0.717, 1.165) is 6.54 Å². The van der Waals surface area contributed by atoms with E-state index in [0.29, 0.717) is 12.5 Å². The molecular formula is C10H17N3O2. The van der Waals surface area contributed by atoms with E-state index >= 15 is 0 Å². The lowest BCUT2D eigenvalue weighted by Crippen LogP contribution is -2.62. The third-order valence-corrected chi connectivity index (χ3v) is 3.74. The van der Waals surface area contributed by atoms with Gasteiger partial charge in [0.25, 0.3) is 5.91 Å². The van der Waals surface area contributed by atoms with E-state index in [2.05, 4.69) is 22.5 Å². The molecule has 2 saturated heterocycles. The van der Waals surface area contributed by atoms with E-state index < -0.39 is 5.54 Å². The molecule has 3 amide bonds. The Labute approximate surface area is 89.2 Å². The number of carbonyl (C=O) groups excluding carboxylic acids is 2. The van der Waals surface area contributed by atoms with E-state index in [4.69, 9.17) is 0 Å². The summed E-state index contributed by atoms with van der Waals surface area (Å²) >= 11 is 0. The topological polar surface area (TPSA) is 61.4 Å². The van der Waals surface area contributed by atoms with Crippen molar-refractivity contribution in [3.05, 3.63) is 0 Å². The van der Waals surface area contributed by atoms with Crippen LogP contribution in [0.25, 0.3) is 0 Å². The number of nitrogens with one attached hydrogen (secondary N) is 2. The molecule has 2 aliphatic heterocycles. The highest BCUT2D eigenvalue weighted by Crippen LogP contribution is 2.33. The Hall–Kier alpha value is -1.10. The Bertz CT molecular complexity index is 318. The number of carbonyl (C=O) groups is 2. The summed E-state index contributed by atoms with van der Waals surface area (Å²) in [7, 11) is 2.04. The number of hydrogen-bond acceptors (Lipinski definition) is 3. The van der Waals surface area contributed by atoms with E-state index in [9.17, 15) is 9.59 Å². The van der Waals surface area contributed by atoms with Gasteiger partial charge in [-0.2, -0.15) is 0 Å². The second-order valence-electron chi connectivity index (χ2n) is 4.77. The predicted octanol–water partition coefficient (Wildman–Crippen LogP) is -0.0753. The Kier molecular flexibility index (Phi) is 2.22. The molecule has 0 bridgehead atoms. The molecule has 5 nitrogen and oxygen atoms in total. The fourth-order valence-corrected chi connectivity index (χ4v) is 2.59. The molecule has 0 aromatic carbocycles. The van der Waals surface area contributed by atoms with E-state index in [1.54, 1.807) is 0 Å². The zero-order valence-corrected chi connectivity index (χ0v) is 9.33. The highest BCUT2D eigenvalue weighted by molar-refractivity contribution is 6.07. The molecule has 2 N–H and O–H groups in total. The van der Waals surface area contributed by atoms with E-state index in [1.165, 1.54) is 0 Å². The van der Waals surface area contributed by atoms with Gasteiger partial charge in [0.2, 0.25) is 0 Å². The summed E-state index contributed by atoms with van der Waals surface area (Å²) in [6, 6.07) is -0.0473. The maximum absolute atomic E-state index is 11.8. The summed E-state index contributed by atoms with van der Waals surface area (Å²) in [6.07, 6.45) is 0.683. The van der Waals surface area contributed by atoms with Crippen LogP contribution in [0.3, 0.4) is 0 Å².